The van der Waals surface area contributed by atoms with E-state index in [0.717, 1.165) is 18.4 Å². The maximum Gasteiger partial charge on any atom is 0.260 e. The van der Waals surface area contributed by atoms with Crippen molar-refractivity contribution in [2.45, 2.75) is 32.0 Å². The number of carbonyl (C=O) groups excluding carboxylic acids is 1. The summed E-state index contributed by atoms with van der Waals surface area (Å²) in [6.07, 6.45) is 6.48. The summed E-state index contributed by atoms with van der Waals surface area (Å²) in [4.78, 5) is 33.0. The van der Waals surface area contributed by atoms with Gasteiger partial charge >= 0.3 is 0 Å². The maximum absolute atomic E-state index is 13.4. The van der Waals surface area contributed by atoms with Crippen LogP contribution in [0.15, 0.2) is 49.3 Å². The summed E-state index contributed by atoms with van der Waals surface area (Å²) in [6, 6.07) is 6.99. The quantitative estimate of drug-likeness (QED) is 0.295. The lowest BCUT2D eigenvalue weighted by molar-refractivity contribution is 0.0946. The average Bonchev–Trinajstić information content (AvgIpc) is 3.43. The van der Waals surface area contributed by atoms with Crippen molar-refractivity contribution in [1.82, 2.24) is 25.3 Å². The first-order chi connectivity index (χ1) is 18.5. The van der Waals surface area contributed by atoms with E-state index in [1.54, 1.807) is 43.8 Å². The highest BCUT2D eigenvalue weighted by Crippen LogP contribution is 2.31. The van der Waals surface area contributed by atoms with Crippen LogP contribution in [0.4, 0.5) is 11.8 Å². The van der Waals surface area contributed by atoms with Gasteiger partial charge < -0.3 is 30.1 Å². The molecule has 1 saturated heterocycles. The molecule has 1 atom stereocenters. The van der Waals surface area contributed by atoms with E-state index in [0.29, 0.717) is 35.6 Å². The number of nitrogens with one attached hydrogen (secondary N) is 2. The number of methoxy groups -OCH3 is 1. The van der Waals surface area contributed by atoms with Crippen molar-refractivity contribution in [2.24, 2.45) is 0 Å². The van der Waals surface area contributed by atoms with E-state index in [9.17, 15) is 9.90 Å². The van der Waals surface area contributed by atoms with Crippen molar-refractivity contribution in [2.75, 3.05) is 37.1 Å². The fraction of sp³-hybridized carbons (Fsp3) is 0.346. The molecule has 1 amide bonds. The van der Waals surface area contributed by atoms with Crippen LogP contribution in [0, 0.1) is 0 Å². The highest BCUT2D eigenvalue weighted by Gasteiger charge is 2.30. The third kappa shape index (κ3) is 6.48. The summed E-state index contributed by atoms with van der Waals surface area (Å²) < 4.78 is 11.1. The van der Waals surface area contributed by atoms with Crippen molar-refractivity contribution in [1.29, 1.82) is 0 Å². The zero-order valence-corrected chi connectivity index (χ0v) is 21.8. The van der Waals surface area contributed by atoms with Crippen LogP contribution in [0.25, 0.3) is 0 Å². The second-order valence-corrected chi connectivity index (χ2v) is 8.90. The molecule has 1 aliphatic rings. The standard InChI is InChI=1S/C26H30ClN7O4/c1-3-12-38-25-22(24(36)31-15-21-28-9-5-10-29-21)23(30-14-17-7-8-20(37-2)19(27)13-17)32-26(33-25)34-11-4-6-18(34)16-35/h3,5,7-10,13,18,35H,1,4,6,11-12,14-16H2,2H3,(H,31,36)(H,30,32,33)/t18-/m0/s1. The predicted molar refractivity (Wildman–Crippen MR) is 144 cm³/mol. The Hall–Kier alpha value is -3.96. The lowest BCUT2D eigenvalue weighted by Gasteiger charge is -2.25. The van der Waals surface area contributed by atoms with Gasteiger partial charge in [-0.05, 0) is 36.6 Å². The molecule has 1 aliphatic heterocycles. The highest BCUT2D eigenvalue weighted by molar-refractivity contribution is 6.32. The van der Waals surface area contributed by atoms with Crippen LogP contribution in [0.1, 0.15) is 34.6 Å². The maximum atomic E-state index is 13.4. The number of anilines is 2. The molecule has 1 fully saturated rings. The van der Waals surface area contributed by atoms with E-state index in [1.807, 2.05) is 11.0 Å². The highest BCUT2D eigenvalue weighted by atomic mass is 35.5. The fourth-order valence-corrected chi connectivity index (χ4v) is 4.38. The number of aromatic nitrogens is 4. The molecular formula is C26H30ClN7O4. The molecule has 3 N–H and O–H groups in total. The van der Waals surface area contributed by atoms with E-state index < -0.39 is 5.91 Å². The Morgan fingerprint density at radius 3 is 2.82 bits per heavy atom. The molecule has 11 nitrogen and oxygen atoms in total. The zero-order chi connectivity index (χ0) is 26.9. The summed E-state index contributed by atoms with van der Waals surface area (Å²) in [5.74, 6) is 1.29. The van der Waals surface area contributed by atoms with Gasteiger partial charge in [0.05, 0.1) is 31.3 Å². The number of nitrogens with zero attached hydrogens (tertiary/aromatic N) is 5. The molecule has 12 heteroatoms. The third-order valence-electron chi connectivity index (χ3n) is 5.98. The Kier molecular flexibility index (Phi) is 9.28. The van der Waals surface area contributed by atoms with E-state index in [-0.39, 0.29) is 43.1 Å². The van der Waals surface area contributed by atoms with Gasteiger partial charge in [-0.2, -0.15) is 9.97 Å². The average molecular weight is 540 g/mol. The molecule has 3 aromatic rings. The smallest absolute Gasteiger partial charge is 0.260 e. The summed E-state index contributed by atoms with van der Waals surface area (Å²) in [5, 5.41) is 16.4. The van der Waals surface area contributed by atoms with E-state index in [4.69, 9.17) is 26.1 Å². The summed E-state index contributed by atoms with van der Waals surface area (Å²) in [5.41, 5.74) is 0.980. The molecule has 0 spiro atoms. The van der Waals surface area contributed by atoms with Gasteiger partial charge in [0.2, 0.25) is 11.8 Å². The van der Waals surface area contributed by atoms with Crippen molar-refractivity contribution in [3.05, 3.63) is 71.3 Å². The number of rotatable bonds is 12. The predicted octanol–water partition coefficient (Wildman–Crippen LogP) is 3.00. The lowest BCUT2D eigenvalue weighted by atomic mass is 10.2. The van der Waals surface area contributed by atoms with Crippen LogP contribution < -0.4 is 25.0 Å². The molecule has 3 heterocycles. The van der Waals surface area contributed by atoms with Gasteiger partial charge in [-0.25, -0.2) is 9.97 Å². The van der Waals surface area contributed by atoms with Crippen LogP contribution in [0.2, 0.25) is 5.02 Å². The number of hydrogen-bond acceptors (Lipinski definition) is 10. The molecule has 38 heavy (non-hydrogen) atoms. The number of carbonyl (C=O) groups is 1. The normalized spacial score (nSPS) is 14.7. The van der Waals surface area contributed by atoms with Crippen molar-refractivity contribution < 1.29 is 19.4 Å². The van der Waals surface area contributed by atoms with Gasteiger partial charge in [0, 0.05) is 25.5 Å². The molecule has 0 bridgehead atoms. The molecular weight excluding hydrogens is 510 g/mol. The number of amides is 1. The van der Waals surface area contributed by atoms with Gasteiger partial charge in [-0.15, -0.1) is 0 Å². The molecule has 4 rings (SSSR count). The van der Waals surface area contributed by atoms with Crippen molar-refractivity contribution in [3.8, 4) is 11.6 Å². The Labute approximate surface area is 225 Å². The Morgan fingerprint density at radius 1 is 1.29 bits per heavy atom. The second-order valence-electron chi connectivity index (χ2n) is 8.49. The number of hydrogen-bond donors (Lipinski definition) is 3. The van der Waals surface area contributed by atoms with Crippen molar-refractivity contribution >= 4 is 29.3 Å². The van der Waals surface area contributed by atoms with Crippen LogP contribution in [0.3, 0.4) is 0 Å². The fourth-order valence-electron chi connectivity index (χ4n) is 4.10. The van der Waals surface area contributed by atoms with Crippen molar-refractivity contribution in [3.63, 3.8) is 0 Å². The van der Waals surface area contributed by atoms with Gasteiger partial charge in [-0.1, -0.05) is 30.3 Å². The minimum Gasteiger partial charge on any atom is -0.495 e. The first kappa shape index (κ1) is 27.1. The number of ether oxygens (including phenoxy) is 2. The van der Waals surface area contributed by atoms with Crippen LogP contribution in [-0.2, 0) is 13.1 Å². The van der Waals surface area contributed by atoms with E-state index >= 15 is 0 Å². The largest absolute Gasteiger partial charge is 0.495 e. The monoisotopic (exact) mass is 539 g/mol. The van der Waals surface area contributed by atoms with E-state index in [2.05, 4.69) is 32.2 Å². The Morgan fingerprint density at radius 2 is 2.11 bits per heavy atom. The summed E-state index contributed by atoms with van der Waals surface area (Å²) in [7, 11) is 1.55. The minimum atomic E-state index is -0.460. The SMILES string of the molecule is C=CCOc1nc(N2CCC[C@H]2CO)nc(NCc2ccc(OC)c(Cl)c2)c1C(=O)NCc1ncccn1. The molecule has 1 aromatic carbocycles. The minimum absolute atomic E-state index is 0.0291. The molecule has 0 unspecified atom stereocenters. The molecule has 0 radical (unpaired) electrons. The second kappa shape index (κ2) is 13.0. The molecule has 0 aliphatic carbocycles. The molecule has 200 valence electrons. The topological polar surface area (TPSA) is 135 Å². The van der Waals surface area contributed by atoms with E-state index in [1.165, 1.54) is 0 Å². The summed E-state index contributed by atoms with van der Waals surface area (Å²) >= 11 is 6.30. The first-order valence-electron chi connectivity index (χ1n) is 12.2. The Bertz CT molecular complexity index is 1260. The van der Waals surface area contributed by atoms with Gasteiger partial charge in [0.15, 0.2) is 0 Å². The summed E-state index contributed by atoms with van der Waals surface area (Å²) in [6.45, 7) is 4.91. The van der Waals surface area contributed by atoms with Crippen LogP contribution in [-0.4, -0.2) is 63.9 Å². The van der Waals surface area contributed by atoms with Crippen LogP contribution >= 0.6 is 11.6 Å². The molecule has 0 saturated carbocycles. The third-order valence-corrected chi connectivity index (χ3v) is 6.27. The Balaban J connectivity index is 1.69. The lowest BCUT2D eigenvalue weighted by Crippen LogP contribution is -2.34. The number of aliphatic hydroxyl groups excluding tert-OH is 1. The van der Waals surface area contributed by atoms with Gasteiger partial charge in [0.1, 0.15) is 29.6 Å². The molecule has 2 aromatic heterocycles. The first-order valence-corrected chi connectivity index (χ1v) is 12.6. The number of benzene rings is 1. The van der Waals surface area contributed by atoms with Gasteiger partial charge in [0.25, 0.3) is 5.91 Å². The zero-order valence-electron chi connectivity index (χ0n) is 21.1. The van der Waals surface area contributed by atoms with Crippen LogP contribution in [0.5, 0.6) is 11.6 Å². The number of halogens is 1. The number of aliphatic hydroxyl groups is 1. The van der Waals surface area contributed by atoms with Gasteiger partial charge in [-0.3, -0.25) is 4.79 Å².